The van der Waals surface area contributed by atoms with E-state index in [2.05, 4.69) is 34.0 Å². The Morgan fingerprint density at radius 1 is 1.40 bits per heavy atom. The van der Waals surface area contributed by atoms with Crippen molar-refractivity contribution in [3.05, 3.63) is 48.0 Å². The Morgan fingerprint density at radius 2 is 2.24 bits per heavy atom. The molecule has 1 aromatic heterocycles. The lowest BCUT2D eigenvalue weighted by atomic mass is 10.0. The first-order chi connectivity index (χ1) is 12.1. The van der Waals surface area contributed by atoms with Crippen molar-refractivity contribution in [3.63, 3.8) is 0 Å². The van der Waals surface area contributed by atoms with E-state index in [9.17, 15) is 4.79 Å². The number of benzene rings is 1. The first kappa shape index (κ1) is 17.3. The summed E-state index contributed by atoms with van der Waals surface area (Å²) in [6.45, 7) is 6.32. The molecule has 0 saturated heterocycles. The standard InChI is InChI=1S/C19H26N4O2/c1-14(2)13-23-10-9-20-18(23)12-21-19(24)22-16-7-5-11-25-17-8-4-3-6-15(16)17/h3-4,6,8-10,14,16H,5,7,11-13H2,1-2H3,(H2,21,22,24). The summed E-state index contributed by atoms with van der Waals surface area (Å²) in [4.78, 5) is 16.7. The lowest BCUT2D eigenvalue weighted by Gasteiger charge is -2.19. The number of aromatic nitrogens is 2. The third kappa shape index (κ3) is 4.53. The molecule has 1 aliphatic heterocycles. The van der Waals surface area contributed by atoms with Crippen LogP contribution in [0.2, 0.25) is 0 Å². The molecule has 6 nitrogen and oxygen atoms in total. The normalized spacial score (nSPS) is 16.7. The number of carbonyl (C=O) groups excluding carboxylic acids is 1. The highest BCUT2D eigenvalue weighted by atomic mass is 16.5. The van der Waals surface area contributed by atoms with Crippen LogP contribution in [0.3, 0.4) is 0 Å². The number of hydrogen-bond donors (Lipinski definition) is 2. The van der Waals surface area contributed by atoms with Gasteiger partial charge >= 0.3 is 6.03 Å². The molecule has 1 aliphatic rings. The van der Waals surface area contributed by atoms with Gasteiger partial charge in [0.2, 0.25) is 0 Å². The molecule has 2 aromatic rings. The molecule has 0 aliphatic carbocycles. The summed E-state index contributed by atoms with van der Waals surface area (Å²) in [5.41, 5.74) is 1.04. The van der Waals surface area contributed by atoms with Gasteiger partial charge in [-0.05, 0) is 24.8 Å². The lowest BCUT2D eigenvalue weighted by Crippen LogP contribution is -2.38. The van der Waals surface area contributed by atoms with Crippen molar-refractivity contribution in [1.82, 2.24) is 20.2 Å². The summed E-state index contributed by atoms with van der Waals surface area (Å²) in [7, 11) is 0. The fourth-order valence-electron chi connectivity index (χ4n) is 3.11. The molecule has 2 heterocycles. The van der Waals surface area contributed by atoms with Crippen LogP contribution < -0.4 is 15.4 Å². The van der Waals surface area contributed by atoms with Crippen molar-refractivity contribution < 1.29 is 9.53 Å². The maximum atomic E-state index is 12.4. The SMILES string of the molecule is CC(C)Cn1ccnc1CNC(=O)NC1CCCOc2ccccc21. The van der Waals surface area contributed by atoms with Crippen LogP contribution in [-0.2, 0) is 13.1 Å². The van der Waals surface area contributed by atoms with Gasteiger partial charge in [-0.25, -0.2) is 9.78 Å². The number of carbonyl (C=O) groups is 1. The highest BCUT2D eigenvalue weighted by Gasteiger charge is 2.21. The Labute approximate surface area is 148 Å². The molecular formula is C19H26N4O2. The van der Waals surface area contributed by atoms with E-state index in [4.69, 9.17) is 4.74 Å². The first-order valence-corrected chi connectivity index (χ1v) is 8.89. The molecule has 3 rings (SSSR count). The maximum absolute atomic E-state index is 12.4. The minimum atomic E-state index is -0.180. The molecule has 1 atom stereocenters. The fourth-order valence-corrected chi connectivity index (χ4v) is 3.11. The Morgan fingerprint density at radius 3 is 3.08 bits per heavy atom. The molecule has 0 fully saturated rings. The molecule has 25 heavy (non-hydrogen) atoms. The third-order valence-corrected chi connectivity index (χ3v) is 4.27. The second-order valence-corrected chi connectivity index (χ2v) is 6.80. The van der Waals surface area contributed by atoms with Crippen molar-refractivity contribution in [2.24, 2.45) is 5.92 Å². The van der Waals surface area contributed by atoms with Gasteiger partial charge in [0.15, 0.2) is 0 Å². The average Bonchev–Trinajstić information content (AvgIpc) is 2.92. The number of para-hydroxylation sites is 1. The number of hydrogen-bond acceptors (Lipinski definition) is 3. The molecular weight excluding hydrogens is 316 g/mol. The van der Waals surface area contributed by atoms with Crippen molar-refractivity contribution in [1.29, 1.82) is 0 Å². The number of rotatable bonds is 5. The van der Waals surface area contributed by atoms with E-state index in [1.54, 1.807) is 6.20 Å². The molecule has 6 heteroatoms. The molecule has 0 radical (unpaired) electrons. The topological polar surface area (TPSA) is 68.2 Å². The Hall–Kier alpha value is -2.50. The first-order valence-electron chi connectivity index (χ1n) is 8.89. The Balaban J connectivity index is 1.59. The fraction of sp³-hybridized carbons (Fsp3) is 0.474. The third-order valence-electron chi connectivity index (χ3n) is 4.27. The average molecular weight is 342 g/mol. The summed E-state index contributed by atoms with van der Waals surface area (Å²) in [6.07, 6.45) is 5.51. The van der Waals surface area contributed by atoms with Crippen LogP contribution >= 0.6 is 0 Å². The van der Waals surface area contributed by atoms with Crippen LogP contribution in [0.5, 0.6) is 5.75 Å². The summed E-state index contributed by atoms with van der Waals surface area (Å²) in [6, 6.07) is 7.69. The molecule has 134 valence electrons. The van der Waals surface area contributed by atoms with Gasteiger partial charge in [0.05, 0.1) is 19.2 Å². The minimum absolute atomic E-state index is 0.0332. The summed E-state index contributed by atoms with van der Waals surface area (Å²) in [5, 5.41) is 5.99. The second kappa shape index (κ2) is 8.05. The Bertz CT molecular complexity index is 711. The molecule has 2 amide bonds. The van der Waals surface area contributed by atoms with Gasteiger partial charge in [0.25, 0.3) is 0 Å². The van der Waals surface area contributed by atoms with E-state index in [-0.39, 0.29) is 12.1 Å². The van der Waals surface area contributed by atoms with Crippen molar-refractivity contribution in [2.75, 3.05) is 6.61 Å². The highest BCUT2D eigenvalue weighted by Crippen LogP contribution is 2.30. The molecule has 0 bridgehead atoms. The second-order valence-electron chi connectivity index (χ2n) is 6.80. The molecule has 0 spiro atoms. The van der Waals surface area contributed by atoms with Gasteiger partial charge in [-0.2, -0.15) is 0 Å². The smallest absolute Gasteiger partial charge is 0.315 e. The summed E-state index contributed by atoms with van der Waals surface area (Å²) in [5.74, 6) is 2.26. The number of fused-ring (bicyclic) bond motifs is 1. The zero-order valence-corrected chi connectivity index (χ0v) is 14.9. The molecule has 2 N–H and O–H groups in total. The number of imidazole rings is 1. The van der Waals surface area contributed by atoms with E-state index < -0.39 is 0 Å². The van der Waals surface area contributed by atoms with Gasteiger partial charge in [-0.15, -0.1) is 0 Å². The van der Waals surface area contributed by atoms with Crippen molar-refractivity contribution >= 4 is 6.03 Å². The van der Waals surface area contributed by atoms with Crippen LogP contribution in [0.25, 0.3) is 0 Å². The predicted octanol–water partition coefficient (Wildman–Crippen LogP) is 3.25. The van der Waals surface area contributed by atoms with Crippen LogP contribution in [0.15, 0.2) is 36.7 Å². The van der Waals surface area contributed by atoms with Crippen LogP contribution in [-0.4, -0.2) is 22.2 Å². The predicted molar refractivity (Wildman–Crippen MR) is 96.3 cm³/mol. The van der Waals surface area contributed by atoms with Crippen LogP contribution in [0.4, 0.5) is 4.79 Å². The monoisotopic (exact) mass is 342 g/mol. The van der Waals surface area contributed by atoms with E-state index in [0.29, 0.717) is 19.1 Å². The van der Waals surface area contributed by atoms with Gasteiger partial charge in [0, 0.05) is 24.5 Å². The molecule has 1 unspecified atom stereocenters. The number of urea groups is 1. The van der Waals surface area contributed by atoms with Crippen molar-refractivity contribution in [2.45, 2.75) is 45.8 Å². The zero-order chi connectivity index (χ0) is 17.6. The van der Waals surface area contributed by atoms with Crippen LogP contribution in [0.1, 0.15) is 44.1 Å². The lowest BCUT2D eigenvalue weighted by molar-refractivity contribution is 0.235. The zero-order valence-electron chi connectivity index (χ0n) is 14.9. The number of amides is 2. The van der Waals surface area contributed by atoms with E-state index in [0.717, 1.165) is 36.5 Å². The van der Waals surface area contributed by atoms with Crippen molar-refractivity contribution in [3.8, 4) is 5.75 Å². The number of ether oxygens (including phenoxy) is 1. The van der Waals surface area contributed by atoms with Gasteiger partial charge in [-0.1, -0.05) is 32.0 Å². The molecule has 1 aromatic carbocycles. The van der Waals surface area contributed by atoms with E-state index >= 15 is 0 Å². The number of nitrogens with one attached hydrogen (secondary N) is 2. The highest BCUT2D eigenvalue weighted by molar-refractivity contribution is 5.74. The quantitative estimate of drug-likeness (QED) is 0.876. The minimum Gasteiger partial charge on any atom is -0.493 e. The molecule has 0 saturated carbocycles. The number of nitrogens with zero attached hydrogens (tertiary/aromatic N) is 2. The summed E-state index contributed by atoms with van der Waals surface area (Å²) < 4.78 is 7.83. The van der Waals surface area contributed by atoms with E-state index in [1.165, 1.54) is 0 Å². The van der Waals surface area contributed by atoms with Gasteiger partial charge in [-0.3, -0.25) is 0 Å². The van der Waals surface area contributed by atoms with Gasteiger partial charge < -0.3 is 19.9 Å². The van der Waals surface area contributed by atoms with Gasteiger partial charge in [0.1, 0.15) is 11.6 Å². The largest absolute Gasteiger partial charge is 0.493 e. The Kier molecular flexibility index (Phi) is 5.58. The summed E-state index contributed by atoms with van der Waals surface area (Å²) >= 11 is 0. The maximum Gasteiger partial charge on any atom is 0.315 e. The van der Waals surface area contributed by atoms with Crippen LogP contribution in [0, 0.1) is 5.92 Å². The van der Waals surface area contributed by atoms with E-state index in [1.807, 2.05) is 30.5 Å².